The Kier molecular flexibility index (Phi) is 4.58. The molecule has 4 rings (SSSR count). The van der Waals surface area contributed by atoms with Crippen LogP contribution in [-0.4, -0.2) is 41.3 Å². The van der Waals surface area contributed by atoms with Crippen molar-refractivity contribution in [3.63, 3.8) is 0 Å². The lowest BCUT2D eigenvalue weighted by atomic mass is 9.84. The molecule has 2 fully saturated rings. The SMILES string of the molecule is N#Cc1ccccc1CN1CC2(CC(Oc3ncccc3F)CCO2)C1. The number of halogens is 1. The second-order valence-corrected chi connectivity index (χ2v) is 6.97. The molecule has 1 atom stereocenters. The third-order valence-corrected chi connectivity index (χ3v) is 5.01. The first-order valence-corrected chi connectivity index (χ1v) is 8.79. The summed E-state index contributed by atoms with van der Waals surface area (Å²) in [5.74, 6) is -0.370. The molecule has 0 aliphatic carbocycles. The highest BCUT2D eigenvalue weighted by atomic mass is 19.1. The number of benzene rings is 1. The van der Waals surface area contributed by atoms with Gasteiger partial charge in [-0.15, -0.1) is 0 Å². The Balaban J connectivity index is 1.36. The monoisotopic (exact) mass is 353 g/mol. The molecule has 134 valence electrons. The zero-order valence-corrected chi connectivity index (χ0v) is 14.4. The predicted octanol–water partition coefficient (Wildman–Crippen LogP) is 2.90. The van der Waals surface area contributed by atoms with E-state index in [2.05, 4.69) is 16.0 Å². The molecule has 1 spiro atoms. The second kappa shape index (κ2) is 7.02. The van der Waals surface area contributed by atoms with Gasteiger partial charge in [0, 0.05) is 38.7 Å². The first-order chi connectivity index (χ1) is 12.7. The Bertz CT molecular complexity index is 830. The van der Waals surface area contributed by atoms with Crippen molar-refractivity contribution in [2.45, 2.75) is 31.1 Å². The van der Waals surface area contributed by atoms with E-state index >= 15 is 0 Å². The molecule has 5 nitrogen and oxygen atoms in total. The Morgan fingerprint density at radius 3 is 2.96 bits per heavy atom. The van der Waals surface area contributed by atoms with Crippen molar-refractivity contribution in [1.82, 2.24) is 9.88 Å². The molecule has 6 heteroatoms. The maximum atomic E-state index is 13.8. The first-order valence-electron chi connectivity index (χ1n) is 8.79. The lowest BCUT2D eigenvalue weighted by Crippen LogP contribution is -2.65. The third-order valence-electron chi connectivity index (χ3n) is 5.01. The fourth-order valence-electron chi connectivity index (χ4n) is 3.81. The van der Waals surface area contributed by atoms with Crippen LogP contribution < -0.4 is 4.74 Å². The van der Waals surface area contributed by atoms with Crippen LogP contribution in [0, 0.1) is 17.1 Å². The average Bonchev–Trinajstić information content (AvgIpc) is 2.63. The van der Waals surface area contributed by atoms with Gasteiger partial charge in [0.05, 0.1) is 23.8 Å². The smallest absolute Gasteiger partial charge is 0.250 e. The van der Waals surface area contributed by atoms with Crippen molar-refractivity contribution >= 4 is 0 Å². The number of rotatable bonds is 4. The highest BCUT2D eigenvalue weighted by Crippen LogP contribution is 2.36. The molecule has 0 amide bonds. The predicted molar refractivity (Wildman–Crippen MR) is 93.0 cm³/mol. The summed E-state index contributed by atoms with van der Waals surface area (Å²) >= 11 is 0. The van der Waals surface area contributed by atoms with E-state index in [0.29, 0.717) is 12.2 Å². The Morgan fingerprint density at radius 2 is 2.15 bits per heavy atom. The number of aromatic nitrogens is 1. The van der Waals surface area contributed by atoms with Gasteiger partial charge in [-0.2, -0.15) is 5.26 Å². The van der Waals surface area contributed by atoms with Crippen LogP contribution in [0.5, 0.6) is 5.88 Å². The van der Waals surface area contributed by atoms with Crippen LogP contribution in [0.15, 0.2) is 42.6 Å². The minimum Gasteiger partial charge on any atom is -0.472 e. The number of nitrogens with zero attached hydrogens (tertiary/aromatic N) is 3. The van der Waals surface area contributed by atoms with Crippen LogP contribution in [0.2, 0.25) is 0 Å². The van der Waals surface area contributed by atoms with Crippen LogP contribution in [0.4, 0.5) is 4.39 Å². The molecule has 2 aliphatic heterocycles. The number of hydrogen-bond donors (Lipinski definition) is 0. The van der Waals surface area contributed by atoms with Gasteiger partial charge < -0.3 is 9.47 Å². The highest BCUT2D eigenvalue weighted by molar-refractivity contribution is 5.37. The molecule has 2 aromatic rings. The van der Waals surface area contributed by atoms with Crippen LogP contribution in [0.25, 0.3) is 0 Å². The van der Waals surface area contributed by atoms with E-state index in [1.807, 2.05) is 24.3 Å². The first kappa shape index (κ1) is 17.0. The molecular formula is C20H20FN3O2. The molecule has 26 heavy (non-hydrogen) atoms. The molecule has 1 aromatic heterocycles. The van der Waals surface area contributed by atoms with Crippen molar-refractivity contribution < 1.29 is 13.9 Å². The van der Waals surface area contributed by atoms with Crippen LogP contribution in [0.3, 0.4) is 0 Å². The van der Waals surface area contributed by atoms with Crippen LogP contribution >= 0.6 is 0 Å². The maximum Gasteiger partial charge on any atom is 0.250 e. The van der Waals surface area contributed by atoms with E-state index in [1.165, 1.54) is 12.3 Å². The van der Waals surface area contributed by atoms with E-state index in [0.717, 1.165) is 38.0 Å². The normalized spacial score (nSPS) is 21.8. The number of pyridine rings is 1. The Morgan fingerprint density at radius 1 is 1.31 bits per heavy atom. The molecule has 0 saturated carbocycles. The van der Waals surface area contributed by atoms with E-state index in [-0.39, 0.29) is 17.6 Å². The molecule has 0 bridgehead atoms. The lowest BCUT2D eigenvalue weighted by Gasteiger charge is -2.53. The van der Waals surface area contributed by atoms with Gasteiger partial charge >= 0.3 is 0 Å². The summed E-state index contributed by atoms with van der Waals surface area (Å²) in [5, 5.41) is 9.22. The topological polar surface area (TPSA) is 58.4 Å². The quantitative estimate of drug-likeness (QED) is 0.846. The minimum absolute atomic E-state index is 0.0636. The van der Waals surface area contributed by atoms with Crippen LogP contribution in [-0.2, 0) is 11.3 Å². The van der Waals surface area contributed by atoms with Crippen molar-refractivity contribution in [2.75, 3.05) is 19.7 Å². The summed E-state index contributed by atoms with van der Waals surface area (Å²) < 4.78 is 25.6. The van der Waals surface area contributed by atoms with Crippen molar-refractivity contribution in [2.24, 2.45) is 0 Å². The number of likely N-dealkylation sites (tertiary alicyclic amines) is 1. The third kappa shape index (κ3) is 3.41. The van der Waals surface area contributed by atoms with Crippen LogP contribution in [0.1, 0.15) is 24.0 Å². The fourth-order valence-corrected chi connectivity index (χ4v) is 3.81. The number of nitriles is 1. The Labute approximate surface area is 152 Å². The lowest BCUT2D eigenvalue weighted by molar-refractivity contribution is -0.188. The molecule has 3 heterocycles. The summed E-state index contributed by atoms with van der Waals surface area (Å²) in [6.07, 6.45) is 2.89. The van der Waals surface area contributed by atoms with Gasteiger partial charge in [-0.25, -0.2) is 9.37 Å². The van der Waals surface area contributed by atoms with Gasteiger partial charge in [-0.05, 0) is 23.8 Å². The molecule has 2 aliphatic rings. The molecule has 0 N–H and O–H groups in total. The van der Waals surface area contributed by atoms with Gasteiger partial charge in [0.2, 0.25) is 0 Å². The van der Waals surface area contributed by atoms with Gasteiger partial charge in [0.15, 0.2) is 5.82 Å². The van der Waals surface area contributed by atoms with Gasteiger partial charge in [-0.1, -0.05) is 18.2 Å². The zero-order chi connectivity index (χ0) is 18.0. The summed E-state index contributed by atoms with van der Waals surface area (Å²) in [4.78, 5) is 6.24. The molecule has 0 radical (unpaired) electrons. The molecule has 1 unspecified atom stereocenters. The van der Waals surface area contributed by atoms with E-state index in [1.54, 1.807) is 6.07 Å². The van der Waals surface area contributed by atoms with Crippen molar-refractivity contribution in [1.29, 1.82) is 5.26 Å². The summed E-state index contributed by atoms with van der Waals surface area (Å²) in [5.41, 5.74) is 1.50. The number of ether oxygens (including phenoxy) is 2. The van der Waals surface area contributed by atoms with E-state index in [9.17, 15) is 9.65 Å². The Hall–Kier alpha value is -2.49. The maximum absolute atomic E-state index is 13.8. The fraction of sp³-hybridized carbons (Fsp3) is 0.400. The minimum atomic E-state index is -0.434. The van der Waals surface area contributed by atoms with Gasteiger partial charge in [0.1, 0.15) is 6.10 Å². The number of hydrogen-bond acceptors (Lipinski definition) is 5. The summed E-state index contributed by atoms with van der Waals surface area (Å²) in [6.45, 7) is 2.91. The van der Waals surface area contributed by atoms with E-state index in [4.69, 9.17) is 9.47 Å². The van der Waals surface area contributed by atoms with E-state index < -0.39 is 5.82 Å². The largest absolute Gasteiger partial charge is 0.472 e. The van der Waals surface area contributed by atoms with Crippen molar-refractivity contribution in [3.8, 4) is 11.9 Å². The molecular weight excluding hydrogens is 333 g/mol. The summed E-state index contributed by atoms with van der Waals surface area (Å²) in [6, 6.07) is 12.8. The average molecular weight is 353 g/mol. The highest BCUT2D eigenvalue weighted by Gasteiger charge is 2.48. The standard InChI is InChI=1S/C20H20FN3O2/c21-18-6-3-8-23-19(18)26-17-7-9-25-20(10-17)13-24(14-20)12-16-5-2-1-4-15(16)11-22/h1-6,8,17H,7,9-10,12-14H2. The zero-order valence-electron chi connectivity index (χ0n) is 14.4. The van der Waals surface area contributed by atoms with Crippen molar-refractivity contribution in [3.05, 3.63) is 59.5 Å². The molecule has 2 saturated heterocycles. The summed E-state index contributed by atoms with van der Waals surface area (Å²) in [7, 11) is 0. The van der Waals surface area contributed by atoms with Gasteiger partial charge in [0.25, 0.3) is 5.88 Å². The molecule has 1 aromatic carbocycles. The second-order valence-electron chi connectivity index (χ2n) is 6.97. The van der Waals surface area contributed by atoms with Gasteiger partial charge in [-0.3, -0.25) is 4.90 Å².